The van der Waals surface area contributed by atoms with Crippen molar-refractivity contribution in [2.75, 3.05) is 13.1 Å². The highest BCUT2D eigenvalue weighted by atomic mass is 16.4. The zero-order chi connectivity index (χ0) is 15.9. The largest absolute Gasteiger partial charge is 0.481 e. The van der Waals surface area contributed by atoms with Crippen molar-refractivity contribution in [2.45, 2.75) is 40.2 Å². The lowest BCUT2D eigenvalue weighted by Gasteiger charge is -2.23. The molecule has 0 heterocycles. The van der Waals surface area contributed by atoms with Crippen LogP contribution in [0.2, 0.25) is 0 Å². The Morgan fingerprint density at radius 1 is 1.25 bits per heavy atom. The maximum atomic E-state index is 11.6. The van der Waals surface area contributed by atoms with Crippen molar-refractivity contribution in [3.05, 3.63) is 0 Å². The number of amides is 2. The van der Waals surface area contributed by atoms with E-state index in [0.717, 1.165) is 0 Å². The minimum atomic E-state index is -1.01. The molecule has 0 aromatic heterocycles. The average Bonchev–Trinajstić information content (AvgIpc) is 2.40. The summed E-state index contributed by atoms with van der Waals surface area (Å²) in [4.78, 5) is 34.2. The van der Waals surface area contributed by atoms with Gasteiger partial charge in [-0.15, -0.1) is 0 Å². The first-order valence-electron chi connectivity index (χ1n) is 6.67. The number of rotatable bonds is 8. The van der Waals surface area contributed by atoms with E-state index < -0.39 is 29.2 Å². The first-order valence-corrected chi connectivity index (χ1v) is 6.67. The summed E-state index contributed by atoms with van der Waals surface area (Å²) >= 11 is 0. The molecule has 7 heteroatoms. The Bertz CT molecular complexity index is 371. The molecule has 0 aromatic carbocycles. The SMILES string of the molecule is CCC(C)(CNC(=O)CNC(=O)[C@@H](N)C(C)C)C(=O)O. The minimum absolute atomic E-state index is 0.0176. The van der Waals surface area contributed by atoms with Crippen LogP contribution in [0, 0.1) is 11.3 Å². The number of carbonyl (C=O) groups excluding carboxylic acids is 2. The first kappa shape index (κ1) is 18.4. The van der Waals surface area contributed by atoms with E-state index in [4.69, 9.17) is 10.8 Å². The zero-order valence-corrected chi connectivity index (χ0v) is 12.5. The van der Waals surface area contributed by atoms with Gasteiger partial charge in [-0.3, -0.25) is 14.4 Å². The van der Waals surface area contributed by atoms with Crippen molar-refractivity contribution >= 4 is 17.8 Å². The van der Waals surface area contributed by atoms with E-state index in [2.05, 4.69) is 10.6 Å². The number of nitrogens with one attached hydrogen (secondary N) is 2. The second-order valence-electron chi connectivity index (χ2n) is 5.48. The van der Waals surface area contributed by atoms with Crippen LogP contribution in [0.15, 0.2) is 0 Å². The fourth-order valence-corrected chi connectivity index (χ4v) is 1.30. The summed E-state index contributed by atoms with van der Waals surface area (Å²) in [5, 5.41) is 14.0. The fraction of sp³-hybridized carbons (Fsp3) is 0.769. The quantitative estimate of drug-likeness (QED) is 0.488. The second-order valence-corrected chi connectivity index (χ2v) is 5.48. The van der Waals surface area contributed by atoms with Crippen molar-refractivity contribution < 1.29 is 19.5 Å². The molecule has 20 heavy (non-hydrogen) atoms. The van der Waals surface area contributed by atoms with Gasteiger partial charge in [0.2, 0.25) is 11.8 Å². The first-order chi connectivity index (χ1) is 9.14. The standard InChI is InChI=1S/C13H25N3O4/c1-5-13(4,12(19)20)7-16-9(17)6-15-11(18)10(14)8(2)3/h8,10H,5-7,14H2,1-4H3,(H,15,18)(H,16,17)(H,19,20)/t10-,13?/m0/s1. The van der Waals surface area contributed by atoms with Crippen LogP contribution in [0.3, 0.4) is 0 Å². The predicted molar refractivity (Wildman–Crippen MR) is 74.9 cm³/mol. The number of hydrogen-bond donors (Lipinski definition) is 4. The third-order valence-electron chi connectivity index (χ3n) is 3.42. The van der Waals surface area contributed by atoms with Crippen LogP contribution in [0.25, 0.3) is 0 Å². The number of carbonyl (C=O) groups is 3. The number of carboxylic acid groups (broad SMARTS) is 1. The minimum Gasteiger partial charge on any atom is -0.481 e. The summed E-state index contributed by atoms with van der Waals surface area (Å²) < 4.78 is 0. The lowest BCUT2D eigenvalue weighted by molar-refractivity contribution is -0.148. The number of nitrogens with two attached hydrogens (primary N) is 1. The Hall–Kier alpha value is -1.63. The van der Waals surface area contributed by atoms with Gasteiger partial charge in [0.25, 0.3) is 0 Å². The van der Waals surface area contributed by atoms with Gasteiger partial charge >= 0.3 is 5.97 Å². The third kappa shape index (κ3) is 5.56. The summed E-state index contributed by atoms with van der Waals surface area (Å²) in [6, 6.07) is -0.664. The molecule has 0 aliphatic heterocycles. The molecule has 0 radical (unpaired) electrons. The van der Waals surface area contributed by atoms with E-state index in [1.807, 2.05) is 13.8 Å². The molecule has 0 aromatic rings. The monoisotopic (exact) mass is 287 g/mol. The fourth-order valence-electron chi connectivity index (χ4n) is 1.30. The van der Waals surface area contributed by atoms with Crippen LogP contribution < -0.4 is 16.4 Å². The van der Waals surface area contributed by atoms with Crippen molar-refractivity contribution in [2.24, 2.45) is 17.1 Å². The Morgan fingerprint density at radius 2 is 1.80 bits per heavy atom. The van der Waals surface area contributed by atoms with Crippen LogP contribution in [0.5, 0.6) is 0 Å². The summed E-state index contributed by atoms with van der Waals surface area (Å²) in [6.45, 7) is 6.72. The molecule has 1 unspecified atom stereocenters. The van der Waals surface area contributed by atoms with Crippen LogP contribution in [0.1, 0.15) is 34.1 Å². The highest BCUT2D eigenvalue weighted by molar-refractivity contribution is 5.87. The van der Waals surface area contributed by atoms with Crippen molar-refractivity contribution in [3.63, 3.8) is 0 Å². The van der Waals surface area contributed by atoms with E-state index in [9.17, 15) is 14.4 Å². The molecule has 0 saturated carbocycles. The van der Waals surface area contributed by atoms with Gasteiger partial charge in [0.15, 0.2) is 0 Å². The second kappa shape index (κ2) is 7.84. The predicted octanol–water partition coefficient (Wildman–Crippen LogP) is -0.297. The van der Waals surface area contributed by atoms with E-state index in [1.165, 1.54) is 0 Å². The van der Waals surface area contributed by atoms with E-state index in [-0.39, 0.29) is 19.0 Å². The molecule has 0 aliphatic carbocycles. The van der Waals surface area contributed by atoms with Gasteiger partial charge in [0.05, 0.1) is 18.0 Å². The van der Waals surface area contributed by atoms with E-state index >= 15 is 0 Å². The molecule has 2 atom stereocenters. The van der Waals surface area contributed by atoms with Crippen LogP contribution in [-0.4, -0.2) is 42.0 Å². The molecule has 0 saturated heterocycles. The third-order valence-corrected chi connectivity index (χ3v) is 3.42. The van der Waals surface area contributed by atoms with E-state index in [1.54, 1.807) is 13.8 Å². The van der Waals surface area contributed by atoms with Gasteiger partial charge < -0.3 is 21.5 Å². The molecule has 116 valence electrons. The molecule has 0 aliphatic rings. The van der Waals surface area contributed by atoms with Gasteiger partial charge in [0, 0.05) is 6.54 Å². The van der Waals surface area contributed by atoms with Gasteiger partial charge in [-0.25, -0.2) is 0 Å². The van der Waals surface area contributed by atoms with Crippen molar-refractivity contribution in [1.29, 1.82) is 0 Å². The summed E-state index contributed by atoms with van der Waals surface area (Å²) in [6.07, 6.45) is 0.396. The van der Waals surface area contributed by atoms with Crippen LogP contribution in [0.4, 0.5) is 0 Å². The van der Waals surface area contributed by atoms with Crippen LogP contribution in [-0.2, 0) is 14.4 Å². The molecular formula is C13H25N3O4. The van der Waals surface area contributed by atoms with Gasteiger partial charge in [-0.1, -0.05) is 20.8 Å². The Balaban J connectivity index is 4.20. The molecule has 0 bridgehead atoms. The van der Waals surface area contributed by atoms with Crippen molar-refractivity contribution in [3.8, 4) is 0 Å². The van der Waals surface area contributed by atoms with Gasteiger partial charge in [-0.05, 0) is 19.3 Å². The van der Waals surface area contributed by atoms with Gasteiger partial charge in [-0.2, -0.15) is 0 Å². The molecule has 0 fully saturated rings. The molecular weight excluding hydrogens is 262 g/mol. The lowest BCUT2D eigenvalue weighted by Crippen LogP contribution is -2.48. The number of hydrogen-bond acceptors (Lipinski definition) is 4. The van der Waals surface area contributed by atoms with E-state index in [0.29, 0.717) is 6.42 Å². The summed E-state index contributed by atoms with van der Waals surface area (Å²) in [5.74, 6) is -1.82. The maximum absolute atomic E-state index is 11.6. The number of carboxylic acids is 1. The topological polar surface area (TPSA) is 122 Å². The smallest absolute Gasteiger partial charge is 0.311 e. The molecule has 0 rings (SSSR count). The Labute approximate surface area is 119 Å². The maximum Gasteiger partial charge on any atom is 0.311 e. The summed E-state index contributed by atoms with van der Waals surface area (Å²) in [5.41, 5.74) is 4.62. The molecule has 5 N–H and O–H groups in total. The Kier molecular flexibility index (Phi) is 7.20. The zero-order valence-electron chi connectivity index (χ0n) is 12.5. The number of aliphatic carboxylic acids is 1. The molecule has 7 nitrogen and oxygen atoms in total. The van der Waals surface area contributed by atoms with Crippen molar-refractivity contribution in [1.82, 2.24) is 10.6 Å². The highest BCUT2D eigenvalue weighted by Crippen LogP contribution is 2.19. The van der Waals surface area contributed by atoms with Gasteiger partial charge in [0.1, 0.15) is 0 Å². The molecule has 2 amide bonds. The highest BCUT2D eigenvalue weighted by Gasteiger charge is 2.31. The van der Waals surface area contributed by atoms with Crippen LogP contribution >= 0.6 is 0 Å². The molecule has 0 spiro atoms. The Morgan fingerprint density at radius 3 is 2.20 bits per heavy atom. The summed E-state index contributed by atoms with van der Waals surface area (Å²) in [7, 11) is 0. The average molecular weight is 287 g/mol. The lowest BCUT2D eigenvalue weighted by atomic mass is 9.88. The normalized spacial score (nSPS) is 15.3.